The van der Waals surface area contributed by atoms with Gasteiger partial charge in [0.1, 0.15) is 0 Å². The van der Waals surface area contributed by atoms with Crippen molar-refractivity contribution < 1.29 is 4.79 Å². The lowest BCUT2D eigenvalue weighted by atomic mass is 10.2. The first-order valence-corrected chi connectivity index (χ1v) is 6.94. The number of rotatable bonds is 6. The van der Waals surface area contributed by atoms with Crippen molar-refractivity contribution in [1.82, 2.24) is 20.3 Å². The van der Waals surface area contributed by atoms with Gasteiger partial charge in [0, 0.05) is 37.4 Å². The molecule has 1 atom stereocenters. The summed E-state index contributed by atoms with van der Waals surface area (Å²) in [7, 11) is 0. The molecule has 0 aliphatic rings. The van der Waals surface area contributed by atoms with Gasteiger partial charge in [0.2, 0.25) is 5.95 Å². The predicted molar refractivity (Wildman–Crippen MR) is 80.8 cm³/mol. The van der Waals surface area contributed by atoms with Gasteiger partial charge in [-0.2, -0.15) is 0 Å². The smallest absolute Gasteiger partial charge is 0.254 e. The maximum atomic E-state index is 12.0. The SMILES string of the molecule is CCC(C)Nc1ncc(C(=O)NCc2ccncc2)cn1. The molecule has 0 bridgehead atoms. The van der Waals surface area contributed by atoms with Crippen LogP contribution in [0.5, 0.6) is 0 Å². The van der Waals surface area contributed by atoms with Crippen molar-refractivity contribution in [2.24, 2.45) is 0 Å². The van der Waals surface area contributed by atoms with Gasteiger partial charge in [-0.25, -0.2) is 9.97 Å². The van der Waals surface area contributed by atoms with E-state index in [0.717, 1.165) is 12.0 Å². The Morgan fingerprint density at radius 1 is 1.24 bits per heavy atom. The molecule has 0 aromatic carbocycles. The van der Waals surface area contributed by atoms with E-state index in [4.69, 9.17) is 0 Å². The topological polar surface area (TPSA) is 79.8 Å². The molecule has 1 amide bonds. The highest BCUT2D eigenvalue weighted by Crippen LogP contribution is 2.04. The van der Waals surface area contributed by atoms with Crippen LogP contribution in [0.3, 0.4) is 0 Å². The minimum absolute atomic E-state index is 0.193. The normalized spacial score (nSPS) is 11.7. The van der Waals surface area contributed by atoms with Gasteiger partial charge >= 0.3 is 0 Å². The zero-order chi connectivity index (χ0) is 15.1. The van der Waals surface area contributed by atoms with E-state index in [9.17, 15) is 4.79 Å². The Labute approximate surface area is 124 Å². The third kappa shape index (κ3) is 4.52. The monoisotopic (exact) mass is 285 g/mol. The summed E-state index contributed by atoms with van der Waals surface area (Å²) in [5, 5.41) is 5.97. The summed E-state index contributed by atoms with van der Waals surface area (Å²) < 4.78 is 0. The van der Waals surface area contributed by atoms with Crippen LogP contribution in [0, 0.1) is 0 Å². The highest BCUT2D eigenvalue weighted by Gasteiger charge is 2.07. The number of anilines is 1. The third-order valence-corrected chi connectivity index (χ3v) is 3.10. The van der Waals surface area contributed by atoms with Crippen molar-refractivity contribution in [2.45, 2.75) is 32.9 Å². The summed E-state index contributed by atoms with van der Waals surface area (Å²) in [6, 6.07) is 4.02. The maximum absolute atomic E-state index is 12.0. The molecule has 110 valence electrons. The molecule has 2 rings (SSSR count). The first kappa shape index (κ1) is 14.9. The van der Waals surface area contributed by atoms with E-state index in [1.165, 1.54) is 12.4 Å². The number of nitrogens with zero attached hydrogens (tertiary/aromatic N) is 3. The standard InChI is InChI=1S/C15H19N5O/c1-3-11(2)20-15-18-9-13(10-19-15)14(21)17-8-12-4-6-16-7-5-12/h4-7,9-11H,3,8H2,1-2H3,(H,17,21)(H,18,19,20). The lowest BCUT2D eigenvalue weighted by Gasteiger charge is -2.11. The van der Waals surface area contributed by atoms with Crippen molar-refractivity contribution in [1.29, 1.82) is 0 Å². The molecule has 6 nitrogen and oxygen atoms in total. The molecule has 2 N–H and O–H groups in total. The molecular weight excluding hydrogens is 266 g/mol. The molecule has 2 aromatic rings. The van der Waals surface area contributed by atoms with Crippen molar-refractivity contribution in [3.05, 3.63) is 48.0 Å². The van der Waals surface area contributed by atoms with E-state index in [1.807, 2.05) is 12.1 Å². The molecule has 0 radical (unpaired) electrons. The Kier molecular flexibility index (Phi) is 5.20. The van der Waals surface area contributed by atoms with E-state index in [1.54, 1.807) is 12.4 Å². The zero-order valence-electron chi connectivity index (χ0n) is 12.2. The number of nitrogens with one attached hydrogen (secondary N) is 2. The molecule has 0 aliphatic heterocycles. The Morgan fingerprint density at radius 2 is 1.90 bits per heavy atom. The average Bonchev–Trinajstić information content (AvgIpc) is 2.54. The molecule has 2 aromatic heterocycles. The first-order chi connectivity index (χ1) is 10.2. The van der Waals surface area contributed by atoms with Crippen LogP contribution >= 0.6 is 0 Å². The maximum Gasteiger partial charge on any atom is 0.254 e. The third-order valence-electron chi connectivity index (χ3n) is 3.10. The number of carbonyl (C=O) groups is 1. The van der Waals surface area contributed by atoms with Gasteiger partial charge in [0.25, 0.3) is 5.91 Å². The number of pyridine rings is 1. The Morgan fingerprint density at radius 3 is 2.52 bits per heavy atom. The van der Waals surface area contributed by atoms with Crippen molar-refractivity contribution in [2.75, 3.05) is 5.32 Å². The summed E-state index contributed by atoms with van der Waals surface area (Å²) in [6.45, 7) is 4.59. The fraction of sp³-hybridized carbons (Fsp3) is 0.333. The summed E-state index contributed by atoms with van der Waals surface area (Å²) in [6.07, 6.45) is 7.43. The summed E-state index contributed by atoms with van der Waals surface area (Å²) in [5.74, 6) is 0.344. The van der Waals surface area contributed by atoms with E-state index >= 15 is 0 Å². The molecule has 0 fully saturated rings. The van der Waals surface area contributed by atoms with E-state index < -0.39 is 0 Å². The second-order valence-corrected chi connectivity index (χ2v) is 4.79. The highest BCUT2D eigenvalue weighted by atomic mass is 16.1. The second kappa shape index (κ2) is 7.33. The number of carbonyl (C=O) groups excluding carboxylic acids is 1. The Hall–Kier alpha value is -2.50. The molecule has 21 heavy (non-hydrogen) atoms. The number of hydrogen-bond donors (Lipinski definition) is 2. The molecule has 2 heterocycles. The van der Waals surface area contributed by atoms with Gasteiger partial charge in [-0.05, 0) is 31.0 Å². The number of amides is 1. The van der Waals surface area contributed by atoms with E-state index in [0.29, 0.717) is 24.1 Å². The minimum Gasteiger partial charge on any atom is -0.352 e. The first-order valence-electron chi connectivity index (χ1n) is 6.94. The van der Waals surface area contributed by atoms with Gasteiger partial charge in [-0.3, -0.25) is 9.78 Å². The molecule has 0 aliphatic carbocycles. The van der Waals surface area contributed by atoms with Gasteiger partial charge in [-0.1, -0.05) is 6.92 Å². The summed E-state index contributed by atoms with van der Waals surface area (Å²) in [4.78, 5) is 24.2. The van der Waals surface area contributed by atoms with Crippen molar-refractivity contribution in [3.63, 3.8) is 0 Å². The molecular formula is C15H19N5O. The van der Waals surface area contributed by atoms with Gasteiger partial charge in [0.15, 0.2) is 0 Å². The quantitative estimate of drug-likeness (QED) is 0.848. The fourth-order valence-corrected chi connectivity index (χ4v) is 1.63. The van der Waals surface area contributed by atoms with Gasteiger partial charge in [-0.15, -0.1) is 0 Å². The summed E-state index contributed by atoms with van der Waals surface area (Å²) in [5.41, 5.74) is 1.44. The largest absolute Gasteiger partial charge is 0.352 e. The number of hydrogen-bond acceptors (Lipinski definition) is 5. The van der Waals surface area contributed by atoms with Crippen molar-refractivity contribution in [3.8, 4) is 0 Å². The summed E-state index contributed by atoms with van der Waals surface area (Å²) >= 11 is 0. The van der Waals surface area contributed by atoms with Crippen LogP contribution in [0.2, 0.25) is 0 Å². The van der Waals surface area contributed by atoms with Gasteiger partial charge < -0.3 is 10.6 Å². The average molecular weight is 285 g/mol. The zero-order valence-corrected chi connectivity index (χ0v) is 12.2. The fourth-order valence-electron chi connectivity index (χ4n) is 1.63. The van der Waals surface area contributed by atoms with E-state index in [-0.39, 0.29) is 5.91 Å². The highest BCUT2D eigenvalue weighted by molar-refractivity contribution is 5.93. The lowest BCUT2D eigenvalue weighted by molar-refractivity contribution is 0.0950. The van der Waals surface area contributed by atoms with Crippen LogP contribution in [-0.2, 0) is 6.54 Å². The number of aromatic nitrogens is 3. The minimum atomic E-state index is -0.193. The Bertz CT molecular complexity index is 570. The second-order valence-electron chi connectivity index (χ2n) is 4.79. The van der Waals surface area contributed by atoms with Crippen LogP contribution < -0.4 is 10.6 Å². The van der Waals surface area contributed by atoms with Crippen LogP contribution in [0.4, 0.5) is 5.95 Å². The van der Waals surface area contributed by atoms with Crippen molar-refractivity contribution >= 4 is 11.9 Å². The van der Waals surface area contributed by atoms with Crippen LogP contribution in [0.15, 0.2) is 36.9 Å². The van der Waals surface area contributed by atoms with E-state index in [2.05, 4.69) is 39.4 Å². The molecule has 0 saturated heterocycles. The molecule has 6 heteroatoms. The molecule has 1 unspecified atom stereocenters. The van der Waals surface area contributed by atoms with Crippen LogP contribution in [0.1, 0.15) is 36.2 Å². The predicted octanol–water partition coefficient (Wildman–Crippen LogP) is 2.01. The van der Waals surface area contributed by atoms with Crippen LogP contribution in [-0.4, -0.2) is 26.9 Å². The van der Waals surface area contributed by atoms with Crippen LogP contribution in [0.25, 0.3) is 0 Å². The van der Waals surface area contributed by atoms with Gasteiger partial charge in [0.05, 0.1) is 5.56 Å². The molecule has 0 spiro atoms. The lowest BCUT2D eigenvalue weighted by Crippen LogP contribution is -2.23. The Balaban J connectivity index is 1.90. The molecule has 0 saturated carbocycles.